The summed E-state index contributed by atoms with van der Waals surface area (Å²) in [7, 11) is 0. The Morgan fingerprint density at radius 1 is 0.962 bits per heavy atom. The Bertz CT molecular complexity index is 1650. The van der Waals surface area contributed by atoms with E-state index in [1.54, 1.807) is 0 Å². The number of rotatable bonds is 15. The van der Waals surface area contributed by atoms with Gasteiger partial charge in [0.15, 0.2) is 0 Å². The van der Waals surface area contributed by atoms with Crippen molar-refractivity contribution in [3.63, 3.8) is 0 Å². The Labute approximate surface area is 307 Å². The fraction of sp³-hybridized carbons (Fsp3) is 0.553. The first kappa shape index (κ1) is 38.7. The summed E-state index contributed by atoms with van der Waals surface area (Å²) < 4.78 is 32.4. The minimum absolute atomic E-state index is 0. The van der Waals surface area contributed by atoms with Crippen LogP contribution in [0.3, 0.4) is 0 Å². The molecule has 2 aromatic carbocycles. The van der Waals surface area contributed by atoms with Gasteiger partial charge in [-0.2, -0.15) is 0 Å². The van der Waals surface area contributed by atoms with Crippen LogP contribution in [-0.4, -0.2) is 104 Å². The van der Waals surface area contributed by atoms with Crippen LogP contribution in [0.15, 0.2) is 36.4 Å². The third-order valence-corrected chi connectivity index (χ3v) is 9.32. The lowest BCUT2D eigenvalue weighted by atomic mass is 10.0. The van der Waals surface area contributed by atoms with E-state index in [1.807, 2.05) is 56.9 Å². The van der Waals surface area contributed by atoms with Crippen molar-refractivity contribution in [2.75, 3.05) is 57.4 Å². The van der Waals surface area contributed by atoms with E-state index in [2.05, 4.69) is 15.5 Å². The third-order valence-electron chi connectivity index (χ3n) is 9.32. The van der Waals surface area contributed by atoms with Crippen LogP contribution in [0.4, 0.5) is 14.9 Å². The molecule has 0 aliphatic carbocycles. The van der Waals surface area contributed by atoms with Gasteiger partial charge in [0.05, 0.1) is 36.1 Å². The van der Waals surface area contributed by atoms with Crippen molar-refractivity contribution < 1.29 is 45.4 Å². The number of imide groups is 2. The first-order valence-corrected chi connectivity index (χ1v) is 18.1. The van der Waals surface area contributed by atoms with Gasteiger partial charge in [-0.25, -0.2) is 9.18 Å². The maximum Gasteiger partial charge on any atom is 0.408 e. The molecule has 2 fully saturated rings. The van der Waals surface area contributed by atoms with Gasteiger partial charge in [-0.3, -0.25) is 34.3 Å². The molecule has 5 rings (SSSR count). The second-order valence-electron chi connectivity index (χ2n) is 14.4. The van der Waals surface area contributed by atoms with E-state index in [1.165, 1.54) is 6.07 Å². The number of hydrogen-bond donors (Lipinski definition) is 2. The zero-order valence-corrected chi connectivity index (χ0v) is 30.5. The topological polar surface area (TPSA) is 147 Å². The quantitative estimate of drug-likeness (QED) is 0.188. The summed E-state index contributed by atoms with van der Waals surface area (Å²) in [6.07, 6.45) is 3.55. The van der Waals surface area contributed by atoms with Crippen LogP contribution in [0.2, 0.25) is 0 Å². The van der Waals surface area contributed by atoms with Gasteiger partial charge in [0.1, 0.15) is 23.2 Å². The first-order valence-electron chi connectivity index (χ1n) is 18.1. The maximum atomic E-state index is 15.2. The number of nitrogens with zero attached hydrogens (tertiary/aromatic N) is 3. The van der Waals surface area contributed by atoms with Crippen LogP contribution in [0, 0.1) is 5.82 Å². The summed E-state index contributed by atoms with van der Waals surface area (Å²) in [5.41, 5.74) is 0.638. The smallest absolute Gasteiger partial charge is 0.408 e. The van der Waals surface area contributed by atoms with Gasteiger partial charge in [-0.1, -0.05) is 18.6 Å². The monoisotopic (exact) mass is 727 g/mol. The molecule has 0 bridgehead atoms. The fourth-order valence-electron chi connectivity index (χ4n) is 6.52. The third kappa shape index (κ3) is 10.1. The molecule has 5 amide bonds. The highest BCUT2D eigenvalue weighted by Gasteiger charge is 2.45. The van der Waals surface area contributed by atoms with Gasteiger partial charge in [0.2, 0.25) is 11.8 Å². The van der Waals surface area contributed by atoms with Crippen LogP contribution in [0.25, 0.3) is 0 Å². The number of piperidine rings is 1. The highest BCUT2D eigenvalue weighted by atomic mass is 19.1. The summed E-state index contributed by atoms with van der Waals surface area (Å²) >= 11 is 0. The van der Waals surface area contributed by atoms with Crippen molar-refractivity contribution >= 4 is 35.4 Å². The van der Waals surface area contributed by atoms with Gasteiger partial charge in [-0.05, 0) is 83.2 Å². The van der Waals surface area contributed by atoms with E-state index in [9.17, 15) is 24.0 Å². The van der Waals surface area contributed by atoms with Crippen molar-refractivity contribution in [2.45, 2.75) is 83.9 Å². The molecule has 2 aromatic rings. The van der Waals surface area contributed by atoms with E-state index in [0.29, 0.717) is 46.0 Å². The molecule has 3 aliphatic rings. The molecule has 3 heterocycles. The zero-order chi connectivity index (χ0) is 37.4. The van der Waals surface area contributed by atoms with Crippen molar-refractivity contribution in [3.8, 4) is 5.75 Å². The molecular formula is C38H54FN5O8. The van der Waals surface area contributed by atoms with Crippen LogP contribution in [0.1, 0.15) is 101 Å². The number of ether oxygens (including phenoxy) is 3. The normalized spacial score (nSPS) is 18.7. The molecule has 2 saturated heterocycles. The predicted molar refractivity (Wildman–Crippen MR) is 195 cm³/mol. The second-order valence-corrected chi connectivity index (χ2v) is 14.4. The summed E-state index contributed by atoms with van der Waals surface area (Å²) in [5.74, 6) is -2.35. The number of unbranched alkanes of at least 4 members (excludes halogenated alkanes) is 3. The number of carbonyl (C=O) groups is 5. The van der Waals surface area contributed by atoms with Gasteiger partial charge in [0.25, 0.3) is 11.8 Å². The van der Waals surface area contributed by atoms with E-state index in [-0.39, 0.29) is 38.6 Å². The van der Waals surface area contributed by atoms with E-state index in [0.717, 1.165) is 54.5 Å². The SMILES string of the molecule is C[C@@H](NC(=O)OC(C)(C)C)c1cccc(OCCCCCCOCCN2CCN(c3cc4c(cc3F)C(=O)N(C3CCC(=O)NC3=O)C4=O)CC2)c1.[HH].[HH]. The van der Waals surface area contributed by atoms with Crippen molar-refractivity contribution in [3.05, 3.63) is 58.9 Å². The molecule has 0 saturated carbocycles. The first-order chi connectivity index (χ1) is 24.8. The molecule has 0 aromatic heterocycles. The highest BCUT2D eigenvalue weighted by molar-refractivity contribution is 6.23. The summed E-state index contributed by atoms with van der Waals surface area (Å²) in [4.78, 5) is 67.1. The Balaban J connectivity index is 0.00000392. The molecule has 2 atom stereocenters. The number of fused-ring (bicyclic) bond motifs is 1. The van der Waals surface area contributed by atoms with Crippen molar-refractivity contribution in [1.29, 1.82) is 0 Å². The Hall–Kier alpha value is -4.56. The minimum Gasteiger partial charge on any atom is -0.494 e. The zero-order valence-electron chi connectivity index (χ0n) is 30.5. The summed E-state index contributed by atoms with van der Waals surface area (Å²) in [6.45, 7) is 12.5. The lowest BCUT2D eigenvalue weighted by Crippen LogP contribution is -2.54. The van der Waals surface area contributed by atoms with Gasteiger partial charge >= 0.3 is 6.09 Å². The van der Waals surface area contributed by atoms with Gasteiger partial charge in [0, 0.05) is 48.6 Å². The van der Waals surface area contributed by atoms with Crippen LogP contribution in [0.5, 0.6) is 5.75 Å². The van der Waals surface area contributed by atoms with Crippen molar-refractivity contribution in [1.82, 2.24) is 20.4 Å². The number of alkyl carbamates (subject to hydrolysis) is 1. The fourth-order valence-corrected chi connectivity index (χ4v) is 6.52. The average Bonchev–Trinajstić information content (AvgIpc) is 3.32. The molecule has 0 spiro atoms. The lowest BCUT2D eigenvalue weighted by Gasteiger charge is -2.36. The molecule has 2 N–H and O–H groups in total. The van der Waals surface area contributed by atoms with Gasteiger partial charge in [-0.15, -0.1) is 0 Å². The lowest BCUT2D eigenvalue weighted by molar-refractivity contribution is -0.136. The van der Waals surface area contributed by atoms with E-state index in [4.69, 9.17) is 14.2 Å². The summed E-state index contributed by atoms with van der Waals surface area (Å²) in [5, 5.41) is 5.02. The second kappa shape index (κ2) is 17.3. The average molecular weight is 728 g/mol. The molecule has 13 nitrogen and oxygen atoms in total. The molecule has 3 aliphatic heterocycles. The molecule has 52 heavy (non-hydrogen) atoms. The summed E-state index contributed by atoms with van der Waals surface area (Å²) in [6, 6.07) is 8.90. The van der Waals surface area contributed by atoms with Crippen LogP contribution < -0.4 is 20.3 Å². The largest absolute Gasteiger partial charge is 0.494 e. The van der Waals surface area contributed by atoms with E-state index >= 15 is 4.39 Å². The Kier molecular flexibility index (Phi) is 12.9. The molecule has 0 radical (unpaired) electrons. The number of anilines is 1. The number of nitrogens with one attached hydrogen (secondary N) is 2. The van der Waals surface area contributed by atoms with Crippen LogP contribution >= 0.6 is 0 Å². The molecule has 286 valence electrons. The predicted octanol–water partition coefficient (Wildman–Crippen LogP) is 5.08. The Morgan fingerprint density at radius 3 is 2.35 bits per heavy atom. The number of amides is 5. The molecule has 14 heteroatoms. The van der Waals surface area contributed by atoms with Crippen LogP contribution in [-0.2, 0) is 19.1 Å². The molecular weight excluding hydrogens is 673 g/mol. The molecule has 1 unspecified atom stereocenters. The Morgan fingerprint density at radius 2 is 1.65 bits per heavy atom. The standard InChI is InChI=1S/C38H50FN5O8.2H2/c1-25(40-37(49)52-38(2,3)4)26-10-9-11-27(22-26)51-20-8-6-5-7-19-50-21-18-42-14-16-43(17-15-42)32-24-29-28(23-30(32)39)35(47)44(36(29)48)31-12-13-33(45)41-34(31)46;;/h9-11,22-25,31H,5-8,12-21H2,1-4H3,(H,40,49)(H,41,45,46);2*1H/t25-,31?;;/m1../s1. The maximum absolute atomic E-state index is 15.2. The number of piperazine rings is 1. The van der Waals surface area contributed by atoms with E-state index < -0.39 is 47.2 Å². The van der Waals surface area contributed by atoms with Crippen molar-refractivity contribution in [2.24, 2.45) is 0 Å². The number of hydrogen-bond acceptors (Lipinski definition) is 10. The number of carbonyl (C=O) groups excluding carboxylic acids is 5. The highest BCUT2D eigenvalue weighted by Crippen LogP contribution is 2.33. The number of halogens is 1. The minimum atomic E-state index is -1.09. The number of benzene rings is 2. The van der Waals surface area contributed by atoms with Gasteiger partial charge < -0.3 is 24.4 Å².